The van der Waals surface area contributed by atoms with Crippen molar-refractivity contribution < 1.29 is 4.74 Å². The number of aromatic nitrogens is 2. The summed E-state index contributed by atoms with van der Waals surface area (Å²) in [4.78, 5) is 14.7. The van der Waals surface area contributed by atoms with Crippen LogP contribution in [0.1, 0.15) is 26.2 Å². The van der Waals surface area contributed by atoms with Crippen molar-refractivity contribution in [1.29, 1.82) is 0 Å². The number of nitrogens with zero attached hydrogens (tertiary/aromatic N) is 1. The first kappa shape index (κ1) is 13.7. The monoisotopic (exact) mass is 263 g/mol. The number of fused-ring (bicyclic) bond motifs is 1. The zero-order chi connectivity index (χ0) is 13.7. The third-order valence-corrected chi connectivity index (χ3v) is 3.11. The molecule has 0 fully saturated rings. The Bertz CT molecular complexity index is 586. The van der Waals surface area contributed by atoms with E-state index in [0.29, 0.717) is 18.8 Å². The number of H-pyrrole nitrogens is 1. The first-order valence-corrected chi connectivity index (χ1v) is 6.78. The molecule has 1 heterocycles. The summed E-state index contributed by atoms with van der Waals surface area (Å²) in [7, 11) is 0. The Morgan fingerprint density at radius 3 is 2.89 bits per heavy atom. The molecule has 0 atom stereocenters. The van der Waals surface area contributed by atoms with E-state index in [-0.39, 0.29) is 5.69 Å². The second-order valence-corrected chi connectivity index (χ2v) is 4.68. The molecule has 0 amide bonds. The first-order valence-electron chi connectivity index (χ1n) is 6.78. The van der Waals surface area contributed by atoms with E-state index in [1.807, 2.05) is 12.1 Å². The van der Waals surface area contributed by atoms with Gasteiger partial charge in [0, 0.05) is 25.4 Å². The highest BCUT2D eigenvalue weighted by Gasteiger charge is 2.06. The molecule has 0 saturated carbocycles. The van der Waals surface area contributed by atoms with Gasteiger partial charge in [-0.2, -0.15) is 0 Å². The second-order valence-electron chi connectivity index (χ2n) is 4.68. The number of aromatic amines is 1. The molecule has 0 radical (unpaired) electrons. The zero-order valence-electron chi connectivity index (χ0n) is 11.3. The smallest absolute Gasteiger partial charge is 0.326 e. The number of hydrogen-bond donors (Lipinski definition) is 2. The molecule has 0 saturated heterocycles. The third kappa shape index (κ3) is 3.38. The fourth-order valence-corrected chi connectivity index (χ4v) is 2.08. The van der Waals surface area contributed by atoms with Gasteiger partial charge in [-0.3, -0.25) is 4.57 Å². The fraction of sp³-hybridized carbons (Fsp3) is 0.500. The normalized spacial score (nSPS) is 11.2. The highest BCUT2D eigenvalue weighted by molar-refractivity contribution is 5.78. The number of imidazole rings is 1. The minimum atomic E-state index is -0.0887. The summed E-state index contributed by atoms with van der Waals surface area (Å²) in [6.07, 6.45) is 3.07. The van der Waals surface area contributed by atoms with Gasteiger partial charge in [0.1, 0.15) is 0 Å². The van der Waals surface area contributed by atoms with Crippen molar-refractivity contribution in [2.75, 3.05) is 18.9 Å². The first-order chi connectivity index (χ1) is 9.22. The van der Waals surface area contributed by atoms with Crippen molar-refractivity contribution in [2.45, 2.75) is 32.7 Å². The van der Waals surface area contributed by atoms with E-state index >= 15 is 0 Å². The summed E-state index contributed by atoms with van der Waals surface area (Å²) in [6.45, 7) is 4.29. The van der Waals surface area contributed by atoms with Crippen LogP contribution in [0.2, 0.25) is 0 Å². The van der Waals surface area contributed by atoms with Crippen molar-refractivity contribution >= 4 is 16.7 Å². The molecule has 0 aliphatic carbocycles. The average Bonchev–Trinajstić information content (AvgIpc) is 2.69. The van der Waals surface area contributed by atoms with Crippen LogP contribution in [-0.4, -0.2) is 22.8 Å². The van der Waals surface area contributed by atoms with Gasteiger partial charge in [-0.15, -0.1) is 0 Å². The van der Waals surface area contributed by atoms with Gasteiger partial charge in [-0.25, -0.2) is 4.79 Å². The quantitative estimate of drug-likeness (QED) is 0.593. The summed E-state index contributed by atoms with van der Waals surface area (Å²) in [5.74, 6) is 0. The Balaban J connectivity index is 1.97. The molecule has 1 aromatic heterocycles. The Hall–Kier alpha value is -1.75. The zero-order valence-corrected chi connectivity index (χ0v) is 11.3. The molecule has 2 aromatic rings. The van der Waals surface area contributed by atoms with E-state index in [9.17, 15) is 4.79 Å². The van der Waals surface area contributed by atoms with Crippen LogP contribution < -0.4 is 11.4 Å². The number of nitrogens with two attached hydrogens (primary N) is 1. The summed E-state index contributed by atoms with van der Waals surface area (Å²) in [5.41, 5.74) is 7.95. The van der Waals surface area contributed by atoms with Crippen LogP contribution in [0.3, 0.4) is 0 Å². The number of anilines is 1. The number of rotatable bonds is 7. The Labute approximate surface area is 112 Å². The SMILES string of the molecule is CCCCOCCCn1c(=O)[nH]c2cc(N)ccc21. The maximum Gasteiger partial charge on any atom is 0.326 e. The van der Waals surface area contributed by atoms with Gasteiger partial charge in [0.15, 0.2) is 0 Å². The Kier molecular flexibility index (Phi) is 4.63. The Morgan fingerprint density at radius 2 is 2.11 bits per heavy atom. The molecule has 0 bridgehead atoms. The standard InChI is InChI=1S/C14H21N3O2/c1-2-3-8-19-9-4-7-17-13-6-5-11(15)10-12(13)16-14(17)18/h5-6,10H,2-4,7-9,15H2,1H3,(H,16,18). The number of nitrogen functional groups attached to an aromatic ring is 1. The predicted octanol–water partition coefficient (Wildman–Crippen LogP) is 2.12. The van der Waals surface area contributed by atoms with E-state index < -0.39 is 0 Å². The molecule has 0 spiro atoms. The topological polar surface area (TPSA) is 73.0 Å². The summed E-state index contributed by atoms with van der Waals surface area (Å²) in [6, 6.07) is 5.47. The summed E-state index contributed by atoms with van der Waals surface area (Å²) < 4.78 is 7.23. The number of ether oxygens (including phenoxy) is 1. The summed E-state index contributed by atoms with van der Waals surface area (Å²) in [5, 5.41) is 0. The van der Waals surface area contributed by atoms with E-state index in [4.69, 9.17) is 10.5 Å². The van der Waals surface area contributed by atoms with Gasteiger partial charge in [0.2, 0.25) is 0 Å². The van der Waals surface area contributed by atoms with Crippen LogP contribution >= 0.6 is 0 Å². The molecule has 0 aliphatic heterocycles. The maximum atomic E-state index is 11.8. The van der Waals surface area contributed by atoms with Crippen LogP contribution in [0.5, 0.6) is 0 Å². The molecule has 19 heavy (non-hydrogen) atoms. The highest BCUT2D eigenvalue weighted by atomic mass is 16.5. The fourth-order valence-electron chi connectivity index (χ4n) is 2.08. The summed E-state index contributed by atoms with van der Waals surface area (Å²) >= 11 is 0. The van der Waals surface area contributed by atoms with Crippen molar-refractivity contribution in [3.63, 3.8) is 0 Å². The molecule has 1 aromatic carbocycles. The number of benzene rings is 1. The number of aryl methyl sites for hydroxylation is 1. The minimum absolute atomic E-state index is 0.0887. The van der Waals surface area contributed by atoms with Gasteiger partial charge in [-0.05, 0) is 31.0 Å². The molecule has 5 heteroatoms. The second kappa shape index (κ2) is 6.43. The van der Waals surface area contributed by atoms with Gasteiger partial charge in [0.25, 0.3) is 0 Å². The molecule has 0 unspecified atom stereocenters. The number of hydrogen-bond acceptors (Lipinski definition) is 3. The average molecular weight is 263 g/mol. The van der Waals surface area contributed by atoms with Crippen LogP contribution in [0.4, 0.5) is 5.69 Å². The molecule has 3 N–H and O–H groups in total. The lowest BCUT2D eigenvalue weighted by Gasteiger charge is -2.05. The molecule has 5 nitrogen and oxygen atoms in total. The van der Waals surface area contributed by atoms with E-state index in [1.54, 1.807) is 10.6 Å². The lowest BCUT2D eigenvalue weighted by molar-refractivity contribution is 0.126. The highest BCUT2D eigenvalue weighted by Crippen LogP contribution is 2.14. The minimum Gasteiger partial charge on any atom is -0.399 e. The van der Waals surface area contributed by atoms with Gasteiger partial charge >= 0.3 is 5.69 Å². The van der Waals surface area contributed by atoms with Crippen molar-refractivity contribution in [3.05, 3.63) is 28.7 Å². The van der Waals surface area contributed by atoms with Gasteiger partial charge < -0.3 is 15.5 Å². The molecular weight excluding hydrogens is 242 g/mol. The lowest BCUT2D eigenvalue weighted by atomic mass is 10.3. The number of unbranched alkanes of at least 4 members (excludes halogenated alkanes) is 1. The lowest BCUT2D eigenvalue weighted by Crippen LogP contribution is -2.17. The van der Waals surface area contributed by atoms with E-state index in [0.717, 1.165) is 36.9 Å². The predicted molar refractivity (Wildman–Crippen MR) is 77.3 cm³/mol. The van der Waals surface area contributed by atoms with Crippen molar-refractivity contribution in [2.24, 2.45) is 0 Å². The maximum absolute atomic E-state index is 11.8. The molecule has 2 rings (SSSR count). The third-order valence-electron chi connectivity index (χ3n) is 3.11. The van der Waals surface area contributed by atoms with E-state index in [1.165, 1.54) is 0 Å². The van der Waals surface area contributed by atoms with Gasteiger partial charge in [0.05, 0.1) is 11.0 Å². The van der Waals surface area contributed by atoms with Crippen LogP contribution in [0.25, 0.3) is 11.0 Å². The van der Waals surface area contributed by atoms with E-state index in [2.05, 4.69) is 11.9 Å². The van der Waals surface area contributed by atoms with Gasteiger partial charge in [-0.1, -0.05) is 13.3 Å². The molecule has 0 aliphatic rings. The largest absolute Gasteiger partial charge is 0.399 e. The molecular formula is C14H21N3O2. The Morgan fingerprint density at radius 1 is 1.32 bits per heavy atom. The van der Waals surface area contributed by atoms with Crippen LogP contribution in [0, 0.1) is 0 Å². The van der Waals surface area contributed by atoms with Crippen molar-refractivity contribution in [1.82, 2.24) is 9.55 Å². The van der Waals surface area contributed by atoms with Crippen LogP contribution in [0.15, 0.2) is 23.0 Å². The number of nitrogens with one attached hydrogen (secondary N) is 1. The van der Waals surface area contributed by atoms with Crippen LogP contribution in [-0.2, 0) is 11.3 Å². The molecule has 104 valence electrons. The van der Waals surface area contributed by atoms with Crippen molar-refractivity contribution in [3.8, 4) is 0 Å².